The van der Waals surface area contributed by atoms with Crippen molar-refractivity contribution in [2.45, 2.75) is 6.42 Å². The van der Waals surface area contributed by atoms with Crippen LogP contribution < -0.4 is 10.2 Å². The van der Waals surface area contributed by atoms with Crippen molar-refractivity contribution in [3.05, 3.63) is 59.0 Å². The molecule has 0 atom stereocenters. The zero-order valence-electron chi connectivity index (χ0n) is 11.7. The lowest BCUT2D eigenvalue weighted by atomic mass is 10.3. The second kappa shape index (κ2) is 8.84. The van der Waals surface area contributed by atoms with E-state index in [1.807, 2.05) is 30.3 Å². The number of furan rings is 1. The summed E-state index contributed by atoms with van der Waals surface area (Å²) < 4.78 is 11.5. The number of allylic oxidation sites excluding steroid dienone is 1. The summed E-state index contributed by atoms with van der Waals surface area (Å²) in [6.07, 6.45) is 6.72. The van der Waals surface area contributed by atoms with Gasteiger partial charge in [0.15, 0.2) is 0 Å². The molecule has 0 fully saturated rings. The van der Waals surface area contributed by atoms with Gasteiger partial charge in [0.05, 0.1) is 19.3 Å². The van der Waals surface area contributed by atoms with Crippen LogP contribution in [0.15, 0.2) is 62.7 Å². The van der Waals surface area contributed by atoms with Crippen LogP contribution >= 0.6 is 15.9 Å². The number of benzene rings is 1. The fourth-order valence-corrected chi connectivity index (χ4v) is 1.93. The van der Waals surface area contributed by atoms with E-state index in [0.717, 1.165) is 10.2 Å². The van der Waals surface area contributed by atoms with Crippen molar-refractivity contribution in [1.82, 2.24) is 5.43 Å². The van der Waals surface area contributed by atoms with E-state index in [-0.39, 0.29) is 12.3 Å². The highest BCUT2D eigenvalue weighted by atomic mass is 79.9. The summed E-state index contributed by atoms with van der Waals surface area (Å²) in [5.41, 5.74) is 2.42. The quantitative estimate of drug-likeness (QED) is 0.604. The van der Waals surface area contributed by atoms with Crippen molar-refractivity contribution in [2.24, 2.45) is 5.10 Å². The number of carbonyl (C=O) groups excluding carboxylic acids is 1. The molecule has 0 aliphatic carbocycles. The van der Waals surface area contributed by atoms with Gasteiger partial charge in [-0.15, -0.1) is 0 Å². The summed E-state index contributed by atoms with van der Waals surface area (Å²) in [6, 6.07) is 11.1. The fraction of sp³-hybridized carbons (Fsp3) is 0.125. The first-order valence-corrected chi connectivity index (χ1v) is 7.44. The van der Waals surface area contributed by atoms with Crippen LogP contribution in [0.1, 0.15) is 12.2 Å². The molecule has 1 aromatic carbocycles. The molecular formula is C16H15BrN2O3. The molecule has 1 aromatic heterocycles. The number of hydrogen-bond donors (Lipinski definition) is 1. The van der Waals surface area contributed by atoms with Gasteiger partial charge in [-0.05, 0) is 42.5 Å². The molecule has 22 heavy (non-hydrogen) atoms. The van der Waals surface area contributed by atoms with Crippen LogP contribution in [0.3, 0.4) is 0 Å². The first-order valence-electron chi connectivity index (χ1n) is 6.64. The van der Waals surface area contributed by atoms with Gasteiger partial charge in [0.1, 0.15) is 11.5 Å². The van der Waals surface area contributed by atoms with Crippen LogP contribution in [0, 0.1) is 0 Å². The van der Waals surface area contributed by atoms with Gasteiger partial charge in [0, 0.05) is 10.7 Å². The number of amides is 1. The molecule has 5 nitrogen and oxygen atoms in total. The minimum Gasteiger partial charge on any atom is -0.493 e. The summed E-state index contributed by atoms with van der Waals surface area (Å²) in [7, 11) is 0. The maximum absolute atomic E-state index is 11.5. The van der Waals surface area contributed by atoms with Crippen LogP contribution in [-0.2, 0) is 4.79 Å². The maximum Gasteiger partial charge on any atom is 0.243 e. The molecule has 0 aliphatic heterocycles. The molecule has 1 heterocycles. The third kappa shape index (κ3) is 5.97. The molecule has 1 N–H and O–H groups in total. The minimum absolute atomic E-state index is 0.211. The van der Waals surface area contributed by atoms with Crippen molar-refractivity contribution in [2.75, 3.05) is 6.61 Å². The highest BCUT2D eigenvalue weighted by Gasteiger charge is 2.00. The van der Waals surface area contributed by atoms with Crippen LogP contribution in [0.4, 0.5) is 0 Å². The van der Waals surface area contributed by atoms with Gasteiger partial charge in [-0.25, -0.2) is 5.43 Å². The van der Waals surface area contributed by atoms with Crippen LogP contribution in [0.5, 0.6) is 5.75 Å². The molecule has 2 rings (SSSR count). The standard InChI is InChI=1S/C16H15BrN2O3/c17-13-4-1-5-15(12-13)22-11-8-16(20)19-18-9-2-6-14-7-3-10-21-14/h1-7,9-10,12H,8,11H2,(H,19,20)/b6-2+,18-9-. The normalized spacial score (nSPS) is 11.1. The first-order chi connectivity index (χ1) is 10.7. The minimum atomic E-state index is -0.211. The Hall–Kier alpha value is -2.34. The number of rotatable bonds is 7. The largest absolute Gasteiger partial charge is 0.493 e. The SMILES string of the molecule is O=C(CCOc1cccc(Br)c1)N/N=C\C=C\c1ccco1. The molecule has 0 bridgehead atoms. The summed E-state index contributed by atoms with van der Waals surface area (Å²) in [6.45, 7) is 0.292. The number of nitrogens with zero attached hydrogens (tertiary/aromatic N) is 1. The van der Waals surface area contributed by atoms with E-state index in [1.165, 1.54) is 6.21 Å². The molecule has 114 valence electrons. The predicted molar refractivity (Wildman–Crippen MR) is 88.6 cm³/mol. The Balaban J connectivity index is 1.63. The fourth-order valence-electron chi connectivity index (χ4n) is 1.55. The van der Waals surface area contributed by atoms with E-state index < -0.39 is 0 Å². The highest BCUT2D eigenvalue weighted by Crippen LogP contribution is 2.17. The summed E-state index contributed by atoms with van der Waals surface area (Å²) >= 11 is 3.35. The van der Waals surface area contributed by atoms with Gasteiger partial charge in [0.25, 0.3) is 0 Å². The zero-order chi connectivity index (χ0) is 15.6. The zero-order valence-corrected chi connectivity index (χ0v) is 13.3. The van der Waals surface area contributed by atoms with Crippen LogP contribution in [0.2, 0.25) is 0 Å². The van der Waals surface area contributed by atoms with Gasteiger partial charge >= 0.3 is 0 Å². The topological polar surface area (TPSA) is 63.8 Å². The Morgan fingerprint density at radius 1 is 1.36 bits per heavy atom. The van der Waals surface area contributed by atoms with E-state index in [4.69, 9.17) is 9.15 Å². The second-order valence-corrected chi connectivity index (χ2v) is 5.16. The number of hydrazone groups is 1. The Morgan fingerprint density at radius 2 is 2.27 bits per heavy atom. The lowest BCUT2D eigenvalue weighted by Gasteiger charge is -2.05. The molecule has 0 unspecified atom stereocenters. The smallest absolute Gasteiger partial charge is 0.243 e. The van der Waals surface area contributed by atoms with Crippen molar-refractivity contribution >= 4 is 34.1 Å². The lowest BCUT2D eigenvalue weighted by Crippen LogP contribution is -2.19. The Labute approximate surface area is 136 Å². The Kier molecular flexibility index (Phi) is 6.44. The molecule has 1 amide bonds. The van der Waals surface area contributed by atoms with Crippen molar-refractivity contribution in [1.29, 1.82) is 0 Å². The van der Waals surface area contributed by atoms with Gasteiger partial charge in [-0.1, -0.05) is 22.0 Å². The van der Waals surface area contributed by atoms with E-state index in [9.17, 15) is 4.79 Å². The van der Waals surface area contributed by atoms with Gasteiger partial charge in [-0.2, -0.15) is 5.10 Å². The maximum atomic E-state index is 11.5. The molecule has 0 aliphatic rings. The van der Waals surface area contributed by atoms with Gasteiger partial charge in [0.2, 0.25) is 5.91 Å². The summed E-state index contributed by atoms with van der Waals surface area (Å²) in [5.74, 6) is 1.23. The first kappa shape index (κ1) is 16.0. The number of nitrogens with one attached hydrogen (secondary N) is 1. The lowest BCUT2D eigenvalue weighted by molar-refractivity contribution is -0.121. The number of carbonyl (C=O) groups is 1. The molecular weight excluding hydrogens is 348 g/mol. The van der Waals surface area contributed by atoms with Crippen molar-refractivity contribution in [3.63, 3.8) is 0 Å². The predicted octanol–water partition coefficient (Wildman–Crippen LogP) is 3.63. The third-order valence-electron chi connectivity index (χ3n) is 2.55. The Morgan fingerprint density at radius 3 is 3.05 bits per heavy atom. The van der Waals surface area contributed by atoms with Crippen molar-refractivity contribution in [3.8, 4) is 5.75 Å². The van der Waals surface area contributed by atoms with E-state index >= 15 is 0 Å². The molecule has 2 aromatic rings. The average molecular weight is 363 g/mol. The highest BCUT2D eigenvalue weighted by molar-refractivity contribution is 9.10. The van der Waals surface area contributed by atoms with E-state index in [0.29, 0.717) is 12.4 Å². The monoisotopic (exact) mass is 362 g/mol. The molecule has 0 spiro atoms. The van der Waals surface area contributed by atoms with Crippen LogP contribution in [-0.4, -0.2) is 18.7 Å². The second-order valence-electron chi connectivity index (χ2n) is 4.24. The molecule has 0 saturated carbocycles. The van der Waals surface area contributed by atoms with Gasteiger partial charge < -0.3 is 9.15 Å². The number of halogens is 1. The Bertz CT molecular complexity index is 651. The molecule has 6 heteroatoms. The van der Waals surface area contributed by atoms with E-state index in [1.54, 1.807) is 24.5 Å². The molecule has 0 saturated heterocycles. The van der Waals surface area contributed by atoms with Crippen LogP contribution in [0.25, 0.3) is 6.08 Å². The summed E-state index contributed by atoms with van der Waals surface area (Å²) in [4.78, 5) is 11.5. The van der Waals surface area contributed by atoms with Crippen molar-refractivity contribution < 1.29 is 13.9 Å². The third-order valence-corrected chi connectivity index (χ3v) is 3.04. The number of hydrogen-bond acceptors (Lipinski definition) is 4. The summed E-state index contributed by atoms with van der Waals surface area (Å²) in [5, 5.41) is 3.79. The average Bonchev–Trinajstić information content (AvgIpc) is 3.00. The number of ether oxygens (including phenoxy) is 1. The molecule has 0 radical (unpaired) electrons. The van der Waals surface area contributed by atoms with Gasteiger partial charge in [-0.3, -0.25) is 4.79 Å². The van der Waals surface area contributed by atoms with E-state index in [2.05, 4.69) is 26.5 Å².